The summed E-state index contributed by atoms with van der Waals surface area (Å²) in [5, 5.41) is 3.43. The van der Waals surface area contributed by atoms with Crippen LogP contribution >= 0.6 is 12.4 Å². The minimum atomic E-state index is -0.391. The topological polar surface area (TPSA) is 75.7 Å². The second-order valence-corrected chi connectivity index (χ2v) is 7.78. The van der Waals surface area contributed by atoms with Crippen molar-refractivity contribution in [2.45, 2.75) is 39.7 Å². The van der Waals surface area contributed by atoms with Gasteiger partial charge in [0.1, 0.15) is 17.1 Å². The normalized spacial score (nSPS) is 15.2. The number of nitrogens with zero attached hydrogens (tertiary/aromatic N) is 1. The summed E-state index contributed by atoms with van der Waals surface area (Å²) in [6, 6.07) is 8.77. The van der Waals surface area contributed by atoms with Crippen molar-refractivity contribution >= 4 is 29.3 Å². The number of furan rings is 1. The summed E-state index contributed by atoms with van der Waals surface area (Å²) in [6.45, 7) is 8.10. The van der Waals surface area contributed by atoms with Gasteiger partial charge >= 0.3 is 0 Å². The standard InChI is InChI=1S/C23H26N2O4.ClH/c1-14-6-8-17-19(26)12-21(29-22(17)16(14)3)23(27)24-13-18(25-10-4-5-11-25)20-9-7-15(2)28-20;/h6-9,12,18H,4-5,10-11,13H2,1-3H3,(H,24,27);1H. The van der Waals surface area contributed by atoms with Gasteiger partial charge in [-0.15, -0.1) is 12.4 Å². The number of hydrogen-bond donors (Lipinski definition) is 1. The second kappa shape index (κ2) is 9.06. The molecule has 1 saturated heterocycles. The lowest BCUT2D eigenvalue weighted by molar-refractivity contribution is 0.0906. The molecule has 1 N–H and O–H groups in total. The molecule has 4 rings (SSSR count). The van der Waals surface area contributed by atoms with Crippen LogP contribution < -0.4 is 10.7 Å². The molecule has 30 heavy (non-hydrogen) atoms. The van der Waals surface area contributed by atoms with Crippen LogP contribution in [0.25, 0.3) is 11.0 Å². The highest BCUT2D eigenvalue weighted by Gasteiger charge is 2.27. The molecule has 160 valence electrons. The zero-order valence-electron chi connectivity index (χ0n) is 17.5. The molecule has 0 spiro atoms. The number of carbonyl (C=O) groups is 1. The highest BCUT2D eigenvalue weighted by atomic mass is 35.5. The highest BCUT2D eigenvalue weighted by molar-refractivity contribution is 5.93. The number of amides is 1. The number of aryl methyl sites for hydroxylation is 3. The van der Waals surface area contributed by atoms with Crippen LogP contribution in [0.4, 0.5) is 0 Å². The molecule has 2 aromatic heterocycles. The van der Waals surface area contributed by atoms with Crippen molar-refractivity contribution < 1.29 is 13.6 Å². The molecule has 6 nitrogen and oxygen atoms in total. The monoisotopic (exact) mass is 430 g/mol. The first-order valence-corrected chi connectivity index (χ1v) is 10.1. The number of fused-ring (bicyclic) bond motifs is 1. The smallest absolute Gasteiger partial charge is 0.287 e. The van der Waals surface area contributed by atoms with Crippen molar-refractivity contribution in [2.75, 3.05) is 19.6 Å². The Labute approximate surface area is 181 Å². The summed E-state index contributed by atoms with van der Waals surface area (Å²) < 4.78 is 11.7. The summed E-state index contributed by atoms with van der Waals surface area (Å²) in [5.41, 5.74) is 2.15. The van der Waals surface area contributed by atoms with Crippen LogP contribution in [0.5, 0.6) is 0 Å². The minimum absolute atomic E-state index is 0. The first kappa shape index (κ1) is 22.1. The van der Waals surface area contributed by atoms with Crippen LogP contribution in [0.15, 0.2) is 44.0 Å². The Morgan fingerprint density at radius 1 is 1.10 bits per heavy atom. The Bertz CT molecular complexity index is 1110. The predicted octanol–water partition coefficient (Wildman–Crippen LogP) is 4.30. The Balaban J connectivity index is 0.00000256. The second-order valence-electron chi connectivity index (χ2n) is 7.78. The molecule has 1 unspecified atom stereocenters. The molecule has 0 saturated carbocycles. The molecule has 1 aliphatic heterocycles. The van der Waals surface area contributed by atoms with E-state index >= 15 is 0 Å². The lowest BCUT2D eigenvalue weighted by atomic mass is 10.1. The van der Waals surface area contributed by atoms with E-state index in [1.54, 1.807) is 6.07 Å². The van der Waals surface area contributed by atoms with E-state index in [2.05, 4.69) is 10.2 Å². The number of rotatable bonds is 5. The van der Waals surface area contributed by atoms with Crippen LogP contribution in [-0.2, 0) is 0 Å². The fraction of sp³-hybridized carbons (Fsp3) is 0.391. The predicted molar refractivity (Wildman–Crippen MR) is 119 cm³/mol. The lowest BCUT2D eigenvalue weighted by Crippen LogP contribution is -2.36. The molecule has 1 aliphatic rings. The van der Waals surface area contributed by atoms with Gasteiger partial charge in [0.25, 0.3) is 5.91 Å². The maximum absolute atomic E-state index is 12.8. The molecule has 1 fully saturated rings. The van der Waals surface area contributed by atoms with Gasteiger partial charge in [0, 0.05) is 12.6 Å². The molecule has 1 amide bonds. The number of carbonyl (C=O) groups excluding carboxylic acids is 1. The zero-order valence-corrected chi connectivity index (χ0v) is 18.3. The third kappa shape index (κ3) is 4.30. The van der Waals surface area contributed by atoms with Crippen molar-refractivity contribution in [3.8, 4) is 0 Å². The van der Waals surface area contributed by atoms with Crippen LogP contribution in [0.3, 0.4) is 0 Å². The fourth-order valence-corrected chi connectivity index (χ4v) is 3.94. The molecule has 1 aromatic carbocycles. The third-order valence-electron chi connectivity index (χ3n) is 5.77. The van der Waals surface area contributed by atoms with Crippen molar-refractivity contribution in [1.29, 1.82) is 0 Å². The quantitative estimate of drug-likeness (QED) is 0.653. The average Bonchev–Trinajstić information content (AvgIpc) is 3.37. The van der Waals surface area contributed by atoms with Gasteiger partial charge in [-0.25, -0.2) is 0 Å². The van der Waals surface area contributed by atoms with Crippen molar-refractivity contribution in [3.05, 3.63) is 69.0 Å². The van der Waals surface area contributed by atoms with Crippen LogP contribution in [0, 0.1) is 20.8 Å². The number of benzene rings is 1. The molecule has 0 aliphatic carbocycles. The number of halogens is 1. The molecule has 1 atom stereocenters. The van der Waals surface area contributed by atoms with Gasteiger partial charge in [0.05, 0.1) is 11.4 Å². The maximum Gasteiger partial charge on any atom is 0.287 e. The van der Waals surface area contributed by atoms with Crippen LogP contribution in [-0.4, -0.2) is 30.4 Å². The van der Waals surface area contributed by atoms with E-state index in [1.807, 2.05) is 39.0 Å². The van der Waals surface area contributed by atoms with E-state index in [1.165, 1.54) is 6.07 Å². The van der Waals surface area contributed by atoms with Crippen LogP contribution in [0.1, 0.15) is 52.1 Å². The van der Waals surface area contributed by atoms with E-state index in [-0.39, 0.29) is 29.6 Å². The Morgan fingerprint density at radius 2 is 1.83 bits per heavy atom. The largest absolute Gasteiger partial charge is 0.465 e. The molecular formula is C23H27ClN2O4. The van der Waals surface area contributed by atoms with E-state index in [0.29, 0.717) is 17.5 Å². The van der Waals surface area contributed by atoms with Gasteiger partial charge in [-0.05, 0) is 76.0 Å². The summed E-state index contributed by atoms with van der Waals surface area (Å²) in [7, 11) is 0. The van der Waals surface area contributed by atoms with Crippen molar-refractivity contribution in [1.82, 2.24) is 10.2 Å². The molecule has 3 heterocycles. The highest BCUT2D eigenvalue weighted by Crippen LogP contribution is 2.26. The summed E-state index contributed by atoms with van der Waals surface area (Å²) >= 11 is 0. The molecule has 0 bridgehead atoms. The third-order valence-corrected chi connectivity index (χ3v) is 5.77. The first-order valence-electron chi connectivity index (χ1n) is 10.1. The van der Waals surface area contributed by atoms with E-state index in [9.17, 15) is 9.59 Å². The minimum Gasteiger partial charge on any atom is -0.465 e. The van der Waals surface area contributed by atoms with Gasteiger partial charge in [-0.1, -0.05) is 6.07 Å². The first-order chi connectivity index (χ1) is 13.9. The summed E-state index contributed by atoms with van der Waals surface area (Å²) in [4.78, 5) is 27.6. The Hall–Kier alpha value is -2.57. The van der Waals surface area contributed by atoms with Crippen molar-refractivity contribution in [2.24, 2.45) is 0 Å². The number of nitrogens with one attached hydrogen (secondary N) is 1. The molecule has 0 radical (unpaired) electrons. The van der Waals surface area contributed by atoms with Gasteiger partial charge in [-0.3, -0.25) is 14.5 Å². The van der Waals surface area contributed by atoms with Gasteiger partial charge in [0.2, 0.25) is 0 Å². The Kier molecular flexibility index (Phi) is 6.68. The average molecular weight is 431 g/mol. The zero-order chi connectivity index (χ0) is 20.5. The number of likely N-dealkylation sites (tertiary alicyclic amines) is 1. The van der Waals surface area contributed by atoms with Crippen LogP contribution in [0.2, 0.25) is 0 Å². The molecular weight excluding hydrogens is 404 g/mol. The van der Waals surface area contributed by atoms with E-state index < -0.39 is 5.91 Å². The number of hydrogen-bond acceptors (Lipinski definition) is 5. The molecule has 7 heteroatoms. The summed E-state index contributed by atoms with van der Waals surface area (Å²) in [5.74, 6) is 1.34. The maximum atomic E-state index is 12.8. The SMILES string of the molecule is Cc1ccc(C(CNC(=O)c2cc(=O)c3ccc(C)c(C)c3o2)N2CCCC2)o1.Cl. The van der Waals surface area contributed by atoms with Crippen molar-refractivity contribution in [3.63, 3.8) is 0 Å². The fourth-order valence-electron chi connectivity index (χ4n) is 3.94. The molecule has 3 aromatic rings. The van der Waals surface area contributed by atoms with Gasteiger partial charge in [-0.2, -0.15) is 0 Å². The van der Waals surface area contributed by atoms with Gasteiger partial charge in [0.15, 0.2) is 11.2 Å². The van der Waals surface area contributed by atoms with E-state index in [0.717, 1.165) is 48.6 Å². The lowest BCUT2D eigenvalue weighted by Gasteiger charge is -2.26. The summed E-state index contributed by atoms with van der Waals surface area (Å²) in [6.07, 6.45) is 2.28. The Morgan fingerprint density at radius 3 is 2.50 bits per heavy atom. The van der Waals surface area contributed by atoms with E-state index in [4.69, 9.17) is 8.83 Å². The van der Waals surface area contributed by atoms with Gasteiger partial charge < -0.3 is 14.2 Å².